The second-order valence-corrected chi connectivity index (χ2v) is 9.14. The summed E-state index contributed by atoms with van der Waals surface area (Å²) < 4.78 is 5.03. The van der Waals surface area contributed by atoms with Crippen molar-refractivity contribution in [2.45, 2.75) is 33.3 Å². The smallest absolute Gasteiger partial charge is 0.407 e. The third kappa shape index (κ3) is 13.5. The Bertz CT molecular complexity index is 532. The van der Waals surface area contributed by atoms with E-state index in [2.05, 4.69) is 16.0 Å². The Morgan fingerprint density at radius 3 is 2.14 bits per heavy atom. The van der Waals surface area contributed by atoms with Crippen LogP contribution < -0.4 is 21.1 Å². The Kier molecular flexibility index (Phi) is 13.5. The molecule has 0 aromatic heterocycles. The van der Waals surface area contributed by atoms with E-state index in [1.807, 2.05) is 0 Å². The summed E-state index contributed by atoms with van der Waals surface area (Å²) in [5.41, 5.74) is -1.06. The molecule has 0 aromatic rings. The highest BCUT2D eigenvalue weighted by Gasteiger charge is 2.34. The Labute approximate surface area is 172 Å². The summed E-state index contributed by atoms with van der Waals surface area (Å²) in [5, 5.41) is 27.9. The maximum Gasteiger partial charge on any atom is 0.407 e. The van der Waals surface area contributed by atoms with Gasteiger partial charge in [0.15, 0.2) is 0 Å². The fourth-order valence-corrected chi connectivity index (χ4v) is 3.52. The molecule has 12 heteroatoms. The number of aliphatic carboxylic acids is 1. The van der Waals surface area contributed by atoms with Gasteiger partial charge in [-0.25, -0.2) is 4.79 Å². The van der Waals surface area contributed by atoms with Gasteiger partial charge in [-0.3, -0.25) is 9.59 Å². The van der Waals surface area contributed by atoms with Gasteiger partial charge >= 0.3 is 6.09 Å². The van der Waals surface area contributed by atoms with E-state index in [-0.39, 0.29) is 25.5 Å². The maximum atomic E-state index is 11.8. The van der Waals surface area contributed by atoms with Crippen LogP contribution in [0.4, 0.5) is 4.79 Å². The zero-order valence-electron chi connectivity index (χ0n) is 16.2. The number of carbonyl (C=O) groups is 4. The molecule has 0 bridgehead atoms. The number of alkyl carbamates (subject to hydrolysis) is 1. The van der Waals surface area contributed by atoms with Gasteiger partial charge in [0.05, 0.1) is 0 Å². The minimum atomic E-state index is -1.47. The van der Waals surface area contributed by atoms with E-state index in [1.165, 1.54) is 6.92 Å². The first-order chi connectivity index (χ1) is 13.1. The van der Waals surface area contributed by atoms with E-state index in [4.69, 9.17) is 4.74 Å². The number of ether oxygens (including phenoxy) is 1. The predicted molar refractivity (Wildman–Crippen MR) is 105 cm³/mol. The molecule has 0 radical (unpaired) electrons. The predicted octanol–water partition coefficient (Wildman–Crippen LogP) is -1.13. The van der Waals surface area contributed by atoms with Crippen molar-refractivity contribution < 1.29 is 34.1 Å². The molecular formula is C16H28N3O7S2-. The second-order valence-electron chi connectivity index (χ2n) is 6.43. The fraction of sp³-hybridized carbons (Fsp3) is 0.750. The molecule has 4 N–H and O–H groups in total. The van der Waals surface area contributed by atoms with Crippen molar-refractivity contribution in [1.82, 2.24) is 16.0 Å². The average Bonchev–Trinajstić information content (AvgIpc) is 2.60. The van der Waals surface area contributed by atoms with Crippen LogP contribution in [0, 0.1) is 5.41 Å². The Morgan fingerprint density at radius 2 is 1.61 bits per heavy atom. The second kappa shape index (κ2) is 14.4. The third-order valence-electron chi connectivity index (χ3n) is 3.29. The van der Waals surface area contributed by atoms with Crippen molar-refractivity contribution >= 4 is 45.5 Å². The van der Waals surface area contributed by atoms with Crippen molar-refractivity contribution in [3.8, 4) is 0 Å². The first kappa shape index (κ1) is 26.3. The Balaban J connectivity index is 3.94. The number of hydrogen-bond donors (Lipinski definition) is 4. The molecule has 1 atom stereocenters. The van der Waals surface area contributed by atoms with Crippen molar-refractivity contribution in [1.29, 1.82) is 0 Å². The van der Waals surface area contributed by atoms with E-state index in [9.17, 15) is 29.4 Å². The summed E-state index contributed by atoms with van der Waals surface area (Å²) in [6.07, 6.45) is -2.50. The highest BCUT2D eigenvalue weighted by Crippen LogP contribution is 2.22. The van der Waals surface area contributed by atoms with Crippen LogP contribution in [0.3, 0.4) is 0 Å². The van der Waals surface area contributed by atoms with Gasteiger partial charge in [0.25, 0.3) is 0 Å². The molecule has 0 heterocycles. The number of aliphatic hydroxyl groups is 1. The lowest BCUT2D eigenvalue weighted by Gasteiger charge is -2.29. The summed E-state index contributed by atoms with van der Waals surface area (Å²) in [4.78, 5) is 44.5. The molecule has 0 fully saturated rings. The topological polar surface area (TPSA) is 157 Å². The molecule has 0 aliphatic heterocycles. The molecule has 0 unspecified atom stereocenters. The number of carboxylic acid groups (broad SMARTS) is 1. The highest BCUT2D eigenvalue weighted by atomic mass is 33.1. The summed E-state index contributed by atoms with van der Waals surface area (Å²) in [6, 6.07) is 0. The van der Waals surface area contributed by atoms with Crippen LogP contribution >= 0.6 is 21.6 Å². The van der Waals surface area contributed by atoms with Crippen LogP contribution in [-0.2, 0) is 19.1 Å². The zero-order chi connectivity index (χ0) is 21.6. The Morgan fingerprint density at radius 1 is 1.04 bits per heavy atom. The maximum absolute atomic E-state index is 11.8. The first-order valence-electron chi connectivity index (χ1n) is 8.61. The number of carboxylic acids is 1. The van der Waals surface area contributed by atoms with Gasteiger partial charge in [-0.1, -0.05) is 35.4 Å². The van der Waals surface area contributed by atoms with Crippen LogP contribution in [0.15, 0.2) is 0 Å². The average molecular weight is 439 g/mol. The first-order valence-corrected chi connectivity index (χ1v) is 11.1. The number of aliphatic hydroxyl groups excluding tert-OH is 1. The van der Waals surface area contributed by atoms with Gasteiger partial charge < -0.3 is 35.7 Å². The molecule has 0 aliphatic rings. The molecular weight excluding hydrogens is 410 g/mol. The van der Waals surface area contributed by atoms with E-state index in [0.717, 1.165) is 5.75 Å². The van der Waals surface area contributed by atoms with Crippen LogP contribution in [0.5, 0.6) is 0 Å². The van der Waals surface area contributed by atoms with Gasteiger partial charge in [0, 0.05) is 55.9 Å². The molecule has 162 valence electrons. The largest absolute Gasteiger partial charge is 0.550 e. The third-order valence-corrected chi connectivity index (χ3v) is 5.70. The molecule has 0 saturated heterocycles. The Hall–Kier alpha value is -1.66. The number of carbonyl (C=O) groups excluding carboxylic acids is 4. The van der Waals surface area contributed by atoms with E-state index in [1.54, 1.807) is 35.4 Å². The minimum absolute atomic E-state index is 0.0712. The summed E-state index contributed by atoms with van der Waals surface area (Å²) in [5.74, 6) is -0.724. The van der Waals surface area contributed by atoms with Crippen LogP contribution in [0.1, 0.15) is 27.2 Å². The van der Waals surface area contributed by atoms with Gasteiger partial charge in [0.1, 0.15) is 12.7 Å². The fourth-order valence-electron chi connectivity index (χ4n) is 1.70. The van der Waals surface area contributed by atoms with Crippen molar-refractivity contribution in [2.24, 2.45) is 5.41 Å². The number of hydrogen-bond acceptors (Lipinski definition) is 9. The van der Waals surface area contributed by atoms with Gasteiger partial charge in [-0.15, -0.1) is 0 Å². The van der Waals surface area contributed by atoms with Gasteiger partial charge in [-0.2, -0.15) is 0 Å². The molecule has 0 rings (SSSR count). The molecule has 0 spiro atoms. The molecule has 0 aromatic carbocycles. The summed E-state index contributed by atoms with van der Waals surface area (Å²) in [6.45, 7) is 5.15. The molecule has 28 heavy (non-hydrogen) atoms. The molecule has 3 amide bonds. The minimum Gasteiger partial charge on any atom is -0.550 e. The van der Waals surface area contributed by atoms with Crippen LogP contribution in [0.25, 0.3) is 0 Å². The molecule has 0 aliphatic carbocycles. The lowest BCUT2D eigenvalue weighted by molar-refractivity contribution is -0.305. The lowest BCUT2D eigenvalue weighted by atomic mass is 9.87. The monoisotopic (exact) mass is 438 g/mol. The van der Waals surface area contributed by atoms with E-state index >= 15 is 0 Å². The number of nitrogens with one attached hydrogen (secondary N) is 3. The summed E-state index contributed by atoms with van der Waals surface area (Å²) in [7, 11) is 3.12. The van der Waals surface area contributed by atoms with Crippen molar-refractivity contribution in [3.63, 3.8) is 0 Å². The quantitative estimate of drug-likeness (QED) is 0.195. The summed E-state index contributed by atoms with van der Waals surface area (Å²) >= 11 is 0. The van der Waals surface area contributed by atoms with Gasteiger partial charge in [-0.05, 0) is 0 Å². The highest BCUT2D eigenvalue weighted by molar-refractivity contribution is 8.76. The number of rotatable bonds is 14. The SMILES string of the molecule is CC(=O)NCCSSCCNC(=O)OCC(C)(C)[C@@H](O)C(=O)NCCC(=O)[O-]. The van der Waals surface area contributed by atoms with Crippen molar-refractivity contribution in [3.05, 3.63) is 0 Å². The molecule has 10 nitrogen and oxygen atoms in total. The normalized spacial score (nSPS) is 12.0. The standard InChI is InChI=1S/C16H29N3O7S2/c1-11(20)17-6-8-27-28-9-7-19-15(25)26-10-16(2,3)13(23)14(24)18-5-4-12(21)22/h13,23H,4-10H2,1-3H3,(H,17,20)(H,18,24)(H,19,25)(H,21,22)/p-1/t13-/m0/s1. The zero-order valence-corrected chi connectivity index (χ0v) is 17.9. The van der Waals surface area contributed by atoms with Crippen LogP contribution in [-0.4, -0.2) is 72.8 Å². The van der Waals surface area contributed by atoms with Crippen LogP contribution in [0.2, 0.25) is 0 Å². The van der Waals surface area contributed by atoms with E-state index < -0.39 is 29.5 Å². The van der Waals surface area contributed by atoms with Crippen molar-refractivity contribution in [2.75, 3.05) is 37.7 Å². The van der Waals surface area contributed by atoms with E-state index in [0.29, 0.717) is 18.8 Å². The number of amides is 3. The lowest BCUT2D eigenvalue weighted by Crippen LogP contribution is -2.47. The molecule has 0 saturated carbocycles. The van der Waals surface area contributed by atoms with Gasteiger partial charge in [0.2, 0.25) is 11.8 Å².